The number of hydrogen-bond donors (Lipinski definition) is 3. The van der Waals surface area contributed by atoms with E-state index in [1.807, 2.05) is 12.1 Å². The molecule has 120 valence electrons. The van der Waals surface area contributed by atoms with Crippen LogP contribution < -0.4 is 20.6 Å². The summed E-state index contributed by atoms with van der Waals surface area (Å²) in [6.07, 6.45) is 1.75. The lowest BCUT2D eigenvalue weighted by molar-refractivity contribution is -0.500. The molecule has 2 aromatic rings. The van der Waals surface area contributed by atoms with Gasteiger partial charge in [-0.25, -0.2) is 4.39 Å². The fourth-order valence-electron chi connectivity index (χ4n) is 1.73. The van der Waals surface area contributed by atoms with Gasteiger partial charge < -0.3 is 10.1 Å². The molecular weight excluding hydrogens is 337 g/mol. The Morgan fingerprint density at radius 3 is 2.70 bits per heavy atom. The number of hydrogen-bond acceptors (Lipinski definition) is 2. The third-order valence-electron chi connectivity index (χ3n) is 2.98. The second-order valence-corrected chi connectivity index (χ2v) is 5.37. The van der Waals surface area contributed by atoms with E-state index in [1.54, 1.807) is 37.5 Å². The largest absolute Gasteiger partial charge is 0.489 e. The van der Waals surface area contributed by atoms with E-state index in [2.05, 4.69) is 15.8 Å². The van der Waals surface area contributed by atoms with Crippen LogP contribution in [0.4, 0.5) is 4.39 Å². The highest BCUT2D eigenvalue weighted by atomic mass is 35.5. The molecule has 0 fully saturated rings. The molecule has 0 spiro atoms. The first-order valence-electron chi connectivity index (χ1n) is 6.82. The Hall–Kier alpha value is -2.18. The summed E-state index contributed by atoms with van der Waals surface area (Å²) in [4.78, 5) is 0. The Bertz CT molecular complexity index is 687. The molecule has 0 bridgehead atoms. The Morgan fingerprint density at radius 2 is 2.04 bits per heavy atom. The molecule has 0 aliphatic heterocycles. The second-order valence-electron chi connectivity index (χ2n) is 4.55. The first-order chi connectivity index (χ1) is 11.1. The van der Waals surface area contributed by atoms with Crippen LogP contribution in [0.15, 0.2) is 42.5 Å². The van der Waals surface area contributed by atoms with Crippen LogP contribution in [0, 0.1) is 5.82 Å². The van der Waals surface area contributed by atoms with Crippen LogP contribution in [-0.2, 0) is 6.61 Å². The van der Waals surface area contributed by atoms with E-state index in [9.17, 15) is 4.39 Å². The van der Waals surface area contributed by atoms with Gasteiger partial charge in [-0.3, -0.25) is 0 Å². The first kappa shape index (κ1) is 17.2. The summed E-state index contributed by atoms with van der Waals surface area (Å²) in [5.41, 5.74) is 4.05. The van der Waals surface area contributed by atoms with E-state index in [0.717, 1.165) is 5.56 Å². The molecule has 0 saturated heterocycles. The molecule has 0 amide bonds. The molecule has 2 rings (SSSR count). The van der Waals surface area contributed by atoms with Crippen molar-refractivity contribution in [1.29, 1.82) is 0 Å². The van der Waals surface area contributed by atoms with Crippen molar-refractivity contribution in [2.45, 2.75) is 6.61 Å². The number of rotatable bonds is 5. The van der Waals surface area contributed by atoms with E-state index in [-0.39, 0.29) is 12.4 Å². The molecule has 7 heteroatoms. The maximum Gasteiger partial charge on any atom is 0.223 e. The van der Waals surface area contributed by atoms with Crippen molar-refractivity contribution < 1.29 is 14.2 Å². The topological polar surface area (TPSA) is 47.3 Å². The predicted octanol–water partition coefficient (Wildman–Crippen LogP) is 1.57. The smallest absolute Gasteiger partial charge is 0.223 e. The van der Waals surface area contributed by atoms with Gasteiger partial charge in [0, 0.05) is 18.2 Å². The van der Waals surface area contributed by atoms with Gasteiger partial charge in [-0.05, 0) is 48.6 Å². The number of hydrazine groups is 1. The molecule has 23 heavy (non-hydrogen) atoms. The molecule has 0 aliphatic rings. The summed E-state index contributed by atoms with van der Waals surface area (Å²) in [5, 5.41) is 6.48. The molecule has 0 aromatic heterocycles. The zero-order valence-electron chi connectivity index (χ0n) is 12.4. The number of ether oxygens (including phenoxy) is 1. The van der Waals surface area contributed by atoms with Gasteiger partial charge in [0.15, 0.2) is 6.21 Å². The van der Waals surface area contributed by atoms with E-state index in [1.165, 1.54) is 6.07 Å². The van der Waals surface area contributed by atoms with Crippen molar-refractivity contribution in [3.05, 3.63) is 64.4 Å². The van der Waals surface area contributed by atoms with Crippen molar-refractivity contribution in [2.24, 2.45) is 0 Å². The standard InChI is InChI=1S/C16H15ClFN3OS/c1-19-16(23)21-20-9-11-5-7-12(8-6-11)22-10-13-14(17)3-2-4-15(13)18/h2-9H,10H2,1H3,(H2,19,21,23)/p+1. The highest BCUT2D eigenvalue weighted by molar-refractivity contribution is 7.80. The van der Waals surface area contributed by atoms with Crippen molar-refractivity contribution >= 4 is 35.1 Å². The average Bonchev–Trinajstić information content (AvgIpc) is 2.55. The molecule has 2 aromatic carbocycles. The van der Waals surface area contributed by atoms with Crippen LogP contribution in [0.2, 0.25) is 5.02 Å². The Labute approximate surface area is 144 Å². The van der Waals surface area contributed by atoms with Gasteiger partial charge in [-0.1, -0.05) is 17.7 Å². The van der Waals surface area contributed by atoms with Crippen LogP contribution in [0.25, 0.3) is 0 Å². The minimum Gasteiger partial charge on any atom is -0.489 e. The fraction of sp³-hybridized carbons (Fsp3) is 0.125. The van der Waals surface area contributed by atoms with Gasteiger partial charge in [-0.2, -0.15) is 0 Å². The van der Waals surface area contributed by atoms with Crippen molar-refractivity contribution in [3.63, 3.8) is 0 Å². The molecule has 0 saturated carbocycles. The first-order valence-corrected chi connectivity index (χ1v) is 7.61. The monoisotopic (exact) mass is 352 g/mol. The molecule has 0 aliphatic carbocycles. The van der Waals surface area contributed by atoms with E-state index in [4.69, 9.17) is 28.6 Å². The fourth-order valence-corrected chi connectivity index (χ4v) is 2.01. The van der Waals surface area contributed by atoms with E-state index in [0.29, 0.717) is 21.4 Å². The van der Waals surface area contributed by atoms with Crippen LogP contribution in [0.5, 0.6) is 5.75 Å². The summed E-state index contributed by atoms with van der Waals surface area (Å²) < 4.78 is 19.2. The number of benzene rings is 2. The SMILES string of the molecule is CNC(=S)N[NH+]=Cc1ccc(OCc2c(F)cccc2Cl)cc1. The van der Waals surface area contributed by atoms with Gasteiger partial charge in [0.2, 0.25) is 5.11 Å². The summed E-state index contributed by atoms with van der Waals surface area (Å²) in [6, 6.07) is 11.8. The van der Waals surface area contributed by atoms with Gasteiger partial charge >= 0.3 is 0 Å². The lowest BCUT2D eigenvalue weighted by atomic mass is 10.2. The third-order valence-corrected chi connectivity index (χ3v) is 3.64. The Kier molecular flexibility index (Phi) is 6.31. The lowest BCUT2D eigenvalue weighted by Gasteiger charge is -2.08. The quantitative estimate of drug-likeness (QED) is 0.434. The number of halogens is 2. The van der Waals surface area contributed by atoms with E-state index < -0.39 is 0 Å². The molecular formula is C16H16ClFN3OS+. The maximum absolute atomic E-state index is 13.7. The minimum atomic E-state index is -0.377. The number of hydrazone groups is 1. The van der Waals surface area contributed by atoms with Gasteiger partial charge in [-0.15, -0.1) is 10.5 Å². The van der Waals surface area contributed by atoms with Crippen LogP contribution >= 0.6 is 23.8 Å². The van der Waals surface area contributed by atoms with Gasteiger partial charge in [0.05, 0.1) is 5.02 Å². The van der Waals surface area contributed by atoms with Crippen LogP contribution in [0.1, 0.15) is 11.1 Å². The van der Waals surface area contributed by atoms with Crippen molar-refractivity contribution in [1.82, 2.24) is 10.7 Å². The molecule has 4 nitrogen and oxygen atoms in total. The number of nitrogens with one attached hydrogen (secondary N) is 3. The highest BCUT2D eigenvalue weighted by Crippen LogP contribution is 2.21. The van der Waals surface area contributed by atoms with Crippen LogP contribution in [-0.4, -0.2) is 18.4 Å². The summed E-state index contributed by atoms with van der Waals surface area (Å²) in [7, 11) is 1.73. The van der Waals surface area contributed by atoms with E-state index >= 15 is 0 Å². The summed E-state index contributed by atoms with van der Waals surface area (Å²) in [6.45, 7) is 0.0742. The second kappa shape index (κ2) is 8.45. The lowest BCUT2D eigenvalue weighted by Crippen LogP contribution is -2.82. The average molecular weight is 353 g/mol. The highest BCUT2D eigenvalue weighted by Gasteiger charge is 2.07. The number of thiocarbonyl (C=S) groups is 1. The van der Waals surface area contributed by atoms with Gasteiger partial charge in [0.1, 0.15) is 18.2 Å². The van der Waals surface area contributed by atoms with Crippen molar-refractivity contribution in [3.8, 4) is 5.75 Å². The molecule has 3 N–H and O–H groups in total. The molecule has 0 atom stereocenters. The zero-order valence-corrected chi connectivity index (χ0v) is 14.0. The summed E-state index contributed by atoms with van der Waals surface area (Å²) >= 11 is 10.9. The Balaban J connectivity index is 1.94. The minimum absolute atomic E-state index is 0.0742. The maximum atomic E-state index is 13.7. The molecule has 0 heterocycles. The predicted molar refractivity (Wildman–Crippen MR) is 93.1 cm³/mol. The molecule has 0 radical (unpaired) electrons. The van der Waals surface area contributed by atoms with Crippen molar-refractivity contribution in [2.75, 3.05) is 7.05 Å². The normalized spacial score (nSPS) is 10.6. The summed E-state index contributed by atoms with van der Waals surface area (Å²) in [5.74, 6) is 0.249. The Morgan fingerprint density at radius 1 is 1.30 bits per heavy atom. The third kappa shape index (κ3) is 5.19. The van der Waals surface area contributed by atoms with Crippen LogP contribution in [0.3, 0.4) is 0 Å². The molecule has 0 unspecified atom stereocenters. The van der Waals surface area contributed by atoms with Gasteiger partial charge in [0.25, 0.3) is 0 Å². The zero-order chi connectivity index (χ0) is 16.7.